The highest BCUT2D eigenvalue weighted by Crippen LogP contribution is 2.37. The number of nitrogens with zero attached hydrogens (tertiary/aromatic N) is 1. The van der Waals surface area contributed by atoms with Gasteiger partial charge in [-0.05, 0) is 42.0 Å². The van der Waals surface area contributed by atoms with Crippen LogP contribution < -0.4 is 9.64 Å². The minimum atomic E-state index is -2.95. The third kappa shape index (κ3) is 4.63. The molecule has 1 aliphatic rings. The maximum atomic E-state index is 12.8. The fourth-order valence-electron chi connectivity index (χ4n) is 2.57. The van der Waals surface area contributed by atoms with Gasteiger partial charge in [-0.1, -0.05) is 36.1 Å². The fourth-order valence-corrected chi connectivity index (χ4v) is 3.87. The molecule has 1 saturated heterocycles. The van der Waals surface area contributed by atoms with Gasteiger partial charge < -0.3 is 14.9 Å². The first-order valence-corrected chi connectivity index (χ1v) is 9.32. The summed E-state index contributed by atoms with van der Waals surface area (Å²) in [6.07, 6.45) is 1.48. The Morgan fingerprint density at radius 1 is 1.07 bits per heavy atom. The first-order valence-electron chi connectivity index (χ1n) is 8.10. The Morgan fingerprint density at radius 2 is 1.63 bits per heavy atom. The van der Waals surface area contributed by atoms with Crippen molar-refractivity contribution in [2.45, 2.75) is 6.61 Å². The van der Waals surface area contributed by atoms with E-state index in [1.807, 2.05) is 0 Å². The van der Waals surface area contributed by atoms with Crippen molar-refractivity contribution in [1.82, 2.24) is 0 Å². The van der Waals surface area contributed by atoms with Crippen LogP contribution in [0.4, 0.5) is 14.5 Å². The number of hydrogen-bond donors (Lipinski definition) is 2. The van der Waals surface area contributed by atoms with Gasteiger partial charge in [0.25, 0.3) is 5.91 Å². The molecule has 3 rings (SSSR count). The molecule has 0 saturated carbocycles. The molecular weight excluding hydrogens is 440 g/mol. The van der Waals surface area contributed by atoms with Crippen molar-refractivity contribution in [2.75, 3.05) is 4.90 Å². The van der Waals surface area contributed by atoms with Gasteiger partial charge in [0.2, 0.25) is 0 Å². The molecule has 7 nitrogen and oxygen atoms in total. The number of thioether (sulfide) groups is 1. The Balaban J connectivity index is 1.92. The van der Waals surface area contributed by atoms with Gasteiger partial charge in [0.1, 0.15) is 5.75 Å². The van der Waals surface area contributed by atoms with Crippen molar-refractivity contribution < 1.29 is 38.1 Å². The zero-order valence-corrected chi connectivity index (χ0v) is 16.4. The smallest absolute Gasteiger partial charge is 0.387 e. The van der Waals surface area contributed by atoms with E-state index in [4.69, 9.17) is 12.2 Å². The number of carbonyl (C=O) groups excluding carboxylic acids is 1. The third-order valence-electron chi connectivity index (χ3n) is 3.87. The van der Waals surface area contributed by atoms with E-state index in [0.29, 0.717) is 5.56 Å². The summed E-state index contributed by atoms with van der Waals surface area (Å²) in [6.45, 7) is -2.95. The Morgan fingerprint density at radius 3 is 2.13 bits per heavy atom. The number of carbonyl (C=O) groups is 3. The average molecular weight is 451 g/mol. The Labute approximate surface area is 177 Å². The normalized spacial score (nSPS) is 15.2. The van der Waals surface area contributed by atoms with Crippen LogP contribution in [-0.2, 0) is 4.79 Å². The number of carboxylic acid groups (broad SMARTS) is 2. The number of alkyl halides is 2. The summed E-state index contributed by atoms with van der Waals surface area (Å²) in [5.74, 6) is -3.32. The summed E-state index contributed by atoms with van der Waals surface area (Å²) in [5.41, 5.74) is -0.0865. The highest BCUT2D eigenvalue weighted by molar-refractivity contribution is 8.27. The second-order valence-electron chi connectivity index (χ2n) is 5.84. The maximum absolute atomic E-state index is 12.8. The third-order valence-corrected chi connectivity index (χ3v) is 5.17. The number of aromatic carboxylic acids is 2. The lowest BCUT2D eigenvalue weighted by atomic mass is 10.1. The summed E-state index contributed by atoms with van der Waals surface area (Å²) in [5, 5.41) is 18.4. The van der Waals surface area contributed by atoms with Crippen LogP contribution in [0.5, 0.6) is 5.75 Å². The number of amides is 1. The molecule has 1 heterocycles. The largest absolute Gasteiger partial charge is 0.478 e. The van der Waals surface area contributed by atoms with Gasteiger partial charge in [-0.15, -0.1) is 0 Å². The lowest BCUT2D eigenvalue weighted by Gasteiger charge is -2.16. The van der Waals surface area contributed by atoms with Crippen LogP contribution in [0.2, 0.25) is 0 Å². The average Bonchev–Trinajstić information content (AvgIpc) is 2.95. The lowest BCUT2D eigenvalue weighted by molar-refractivity contribution is -0.113. The number of benzene rings is 2. The number of rotatable bonds is 6. The Bertz CT molecular complexity index is 1050. The van der Waals surface area contributed by atoms with Crippen molar-refractivity contribution in [2.24, 2.45) is 0 Å². The molecule has 0 aliphatic carbocycles. The molecule has 2 aromatic rings. The molecule has 0 spiro atoms. The molecule has 1 aliphatic heterocycles. The van der Waals surface area contributed by atoms with Gasteiger partial charge in [-0.2, -0.15) is 8.78 Å². The molecule has 2 aromatic carbocycles. The molecule has 30 heavy (non-hydrogen) atoms. The van der Waals surface area contributed by atoms with Crippen LogP contribution in [0.1, 0.15) is 26.3 Å². The summed E-state index contributed by atoms with van der Waals surface area (Å²) in [6, 6.07) is 8.85. The molecule has 11 heteroatoms. The molecule has 1 amide bonds. The van der Waals surface area contributed by atoms with E-state index in [9.17, 15) is 33.4 Å². The van der Waals surface area contributed by atoms with E-state index >= 15 is 0 Å². The number of carboxylic acids is 2. The lowest BCUT2D eigenvalue weighted by Crippen LogP contribution is -2.28. The second kappa shape index (κ2) is 8.59. The van der Waals surface area contributed by atoms with Crippen molar-refractivity contribution in [1.29, 1.82) is 0 Å². The van der Waals surface area contributed by atoms with Crippen LogP contribution in [0.15, 0.2) is 47.4 Å². The summed E-state index contributed by atoms with van der Waals surface area (Å²) >= 11 is 6.15. The van der Waals surface area contributed by atoms with Gasteiger partial charge in [0.05, 0.1) is 21.7 Å². The van der Waals surface area contributed by atoms with E-state index in [-0.39, 0.29) is 31.8 Å². The van der Waals surface area contributed by atoms with E-state index in [1.165, 1.54) is 30.3 Å². The summed E-state index contributed by atoms with van der Waals surface area (Å²) < 4.78 is 28.8. The molecule has 1 fully saturated rings. The molecule has 0 atom stereocenters. The number of hydrogen-bond acceptors (Lipinski definition) is 6. The molecule has 0 radical (unpaired) electrons. The van der Waals surface area contributed by atoms with Gasteiger partial charge in [-0.3, -0.25) is 9.69 Å². The van der Waals surface area contributed by atoms with Crippen molar-refractivity contribution in [3.05, 3.63) is 64.1 Å². The van der Waals surface area contributed by atoms with Crippen molar-refractivity contribution in [3.8, 4) is 5.75 Å². The van der Waals surface area contributed by atoms with E-state index < -0.39 is 24.5 Å². The minimum absolute atomic E-state index is 0.0129. The van der Waals surface area contributed by atoms with Gasteiger partial charge >= 0.3 is 18.6 Å². The first kappa shape index (κ1) is 21.4. The predicted molar refractivity (Wildman–Crippen MR) is 109 cm³/mol. The van der Waals surface area contributed by atoms with Crippen molar-refractivity contribution in [3.63, 3.8) is 0 Å². The first-order chi connectivity index (χ1) is 14.2. The van der Waals surface area contributed by atoms with Gasteiger partial charge in [-0.25, -0.2) is 9.59 Å². The van der Waals surface area contributed by atoms with Crippen LogP contribution in [-0.4, -0.2) is 39.0 Å². The van der Waals surface area contributed by atoms with Crippen LogP contribution in [0.3, 0.4) is 0 Å². The second-order valence-corrected chi connectivity index (χ2v) is 7.52. The van der Waals surface area contributed by atoms with Gasteiger partial charge in [0.15, 0.2) is 4.32 Å². The predicted octanol–water partition coefficient (Wildman–Crippen LogP) is 4.09. The quantitative estimate of drug-likeness (QED) is 0.500. The van der Waals surface area contributed by atoms with Crippen LogP contribution >= 0.6 is 24.0 Å². The highest BCUT2D eigenvalue weighted by Gasteiger charge is 2.34. The monoisotopic (exact) mass is 451 g/mol. The maximum Gasteiger partial charge on any atom is 0.387 e. The molecular formula is C19H11F2NO6S2. The minimum Gasteiger partial charge on any atom is -0.478 e. The molecule has 2 N–H and O–H groups in total. The van der Waals surface area contributed by atoms with Crippen LogP contribution in [0, 0.1) is 0 Å². The Kier molecular flexibility index (Phi) is 6.13. The zero-order valence-electron chi connectivity index (χ0n) is 14.7. The van der Waals surface area contributed by atoms with E-state index in [1.54, 1.807) is 0 Å². The summed E-state index contributed by atoms with van der Waals surface area (Å²) in [4.78, 5) is 36.7. The van der Waals surface area contributed by atoms with Crippen LogP contribution in [0.25, 0.3) is 6.08 Å². The molecule has 0 unspecified atom stereocenters. The van der Waals surface area contributed by atoms with Gasteiger partial charge in [0, 0.05) is 0 Å². The van der Waals surface area contributed by atoms with E-state index in [0.717, 1.165) is 34.9 Å². The van der Waals surface area contributed by atoms with Crippen molar-refractivity contribution >= 4 is 57.9 Å². The topological polar surface area (TPSA) is 104 Å². The zero-order chi connectivity index (χ0) is 22.0. The summed E-state index contributed by atoms with van der Waals surface area (Å²) in [7, 11) is 0. The standard InChI is InChI=1S/C19H11F2NO6S2/c20-18(21)28-13-3-1-9(2-4-13)5-14-15(23)22(19(29)30-14)12-7-10(16(24)25)6-11(8-12)17(26)27/h1-8,18H,(H,24,25)(H,26,27). The molecule has 0 bridgehead atoms. The molecule has 154 valence electrons. The fraction of sp³-hybridized carbons (Fsp3) is 0.0526. The number of halogens is 2. The Hall–Kier alpha value is -3.31. The number of anilines is 1. The SMILES string of the molecule is O=C(O)c1cc(C(=O)O)cc(N2C(=O)C(=Cc3ccc(OC(F)F)cc3)SC2=S)c1. The van der Waals surface area contributed by atoms with E-state index in [2.05, 4.69) is 4.74 Å². The number of ether oxygens (including phenoxy) is 1. The highest BCUT2D eigenvalue weighted by atomic mass is 32.2. The molecule has 0 aromatic heterocycles. The number of thiocarbonyl (C=S) groups is 1.